The number of alkyl halides is 3. The maximum atomic E-state index is 12.7. The second-order valence-corrected chi connectivity index (χ2v) is 8.13. The third kappa shape index (κ3) is 4.93. The van der Waals surface area contributed by atoms with Crippen LogP contribution in [0.2, 0.25) is 0 Å². The lowest BCUT2D eigenvalue weighted by Crippen LogP contribution is -2.11. The highest BCUT2D eigenvalue weighted by molar-refractivity contribution is 5.91. The van der Waals surface area contributed by atoms with Crippen molar-refractivity contribution in [1.82, 2.24) is 9.78 Å². The molecule has 9 heteroatoms. The number of methoxy groups -OCH3 is 1. The number of nitrogens with zero attached hydrogens (tertiary/aromatic N) is 4. The maximum absolute atomic E-state index is 12.7. The lowest BCUT2D eigenvalue weighted by Gasteiger charge is -2.22. The maximum Gasteiger partial charge on any atom is 0.393 e. The van der Waals surface area contributed by atoms with Gasteiger partial charge in [0.05, 0.1) is 36.2 Å². The molecular formula is C25H23F3N4O2. The largest absolute Gasteiger partial charge is 0.465 e. The van der Waals surface area contributed by atoms with Crippen LogP contribution in [0.25, 0.3) is 11.3 Å². The van der Waals surface area contributed by atoms with Crippen molar-refractivity contribution in [3.63, 3.8) is 0 Å². The van der Waals surface area contributed by atoms with E-state index < -0.39 is 18.6 Å². The number of aliphatic imine (C=N–C) groups is 2. The van der Waals surface area contributed by atoms with Gasteiger partial charge in [-0.2, -0.15) is 18.3 Å². The number of benzene rings is 2. The number of halogens is 3. The van der Waals surface area contributed by atoms with E-state index in [9.17, 15) is 18.0 Å². The fourth-order valence-corrected chi connectivity index (χ4v) is 4.05. The van der Waals surface area contributed by atoms with E-state index in [1.165, 1.54) is 7.11 Å². The molecule has 0 aliphatic carbocycles. The van der Waals surface area contributed by atoms with E-state index in [2.05, 4.69) is 15.1 Å². The number of rotatable bonds is 5. The third-order valence-corrected chi connectivity index (χ3v) is 5.75. The van der Waals surface area contributed by atoms with Gasteiger partial charge in [0.1, 0.15) is 0 Å². The van der Waals surface area contributed by atoms with E-state index in [1.807, 2.05) is 31.2 Å². The first kappa shape index (κ1) is 23.4. The number of aryl methyl sites for hydroxylation is 2. The Morgan fingerprint density at radius 2 is 2.06 bits per heavy atom. The number of esters is 1. The van der Waals surface area contributed by atoms with Crippen molar-refractivity contribution in [2.75, 3.05) is 7.11 Å². The fraction of sp³-hybridized carbons (Fsp3) is 0.280. The van der Waals surface area contributed by atoms with E-state index >= 15 is 0 Å². The summed E-state index contributed by atoms with van der Waals surface area (Å²) >= 11 is 0. The van der Waals surface area contributed by atoms with Crippen LogP contribution in [-0.2, 0) is 18.2 Å². The summed E-state index contributed by atoms with van der Waals surface area (Å²) in [4.78, 5) is 20.6. The van der Waals surface area contributed by atoms with Crippen molar-refractivity contribution in [2.24, 2.45) is 17.0 Å². The molecule has 0 bridgehead atoms. The first-order valence-electron chi connectivity index (χ1n) is 10.6. The van der Waals surface area contributed by atoms with Gasteiger partial charge in [0.2, 0.25) is 0 Å². The topological polar surface area (TPSA) is 68.8 Å². The van der Waals surface area contributed by atoms with Crippen molar-refractivity contribution in [2.45, 2.75) is 31.9 Å². The molecule has 0 saturated carbocycles. The lowest BCUT2D eigenvalue weighted by atomic mass is 9.87. The number of carbonyl (C=O) groups excluding carboxylic acids is 1. The molecule has 0 saturated heterocycles. The number of ether oxygens (including phenoxy) is 1. The molecule has 1 aliphatic heterocycles. The molecule has 1 atom stereocenters. The summed E-state index contributed by atoms with van der Waals surface area (Å²) in [6.45, 7) is 1.84. The van der Waals surface area contributed by atoms with Gasteiger partial charge >= 0.3 is 12.1 Å². The molecule has 2 heterocycles. The Morgan fingerprint density at radius 1 is 1.26 bits per heavy atom. The monoisotopic (exact) mass is 468 g/mol. The van der Waals surface area contributed by atoms with Gasteiger partial charge in [-0.05, 0) is 54.3 Å². The summed E-state index contributed by atoms with van der Waals surface area (Å²) in [7, 11) is 3.14. The van der Waals surface area contributed by atoms with Crippen LogP contribution in [0.3, 0.4) is 0 Å². The zero-order valence-corrected chi connectivity index (χ0v) is 18.9. The molecule has 0 fully saturated rings. The van der Waals surface area contributed by atoms with E-state index in [0.717, 1.165) is 34.2 Å². The summed E-state index contributed by atoms with van der Waals surface area (Å²) < 4.78 is 44.5. The smallest absolute Gasteiger partial charge is 0.393 e. The highest BCUT2D eigenvalue weighted by Crippen LogP contribution is 2.41. The molecule has 1 aliphatic rings. The molecule has 34 heavy (non-hydrogen) atoms. The number of hydrogen-bond donors (Lipinski definition) is 0. The second kappa shape index (κ2) is 9.24. The number of aromatic nitrogens is 2. The van der Waals surface area contributed by atoms with Gasteiger partial charge in [-0.15, -0.1) is 0 Å². The van der Waals surface area contributed by atoms with Crippen LogP contribution in [-0.4, -0.2) is 41.5 Å². The Labute approximate surface area is 194 Å². The van der Waals surface area contributed by atoms with Crippen LogP contribution in [0.5, 0.6) is 0 Å². The lowest BCUT2D eigenvalue weighted by molar-refractivity contribution is -0.120. The van der Waals surface area contributed by atoms with Crippen LogP contribution >= 0.6 is 0 Å². The summed E-state index contributed by atoms with van der Waals surface area (Å²) in [6, 6.07) is 11.1. The minimum atomic E-state index is -4.33. The van der Waals surface area contributed by atoms with Gasteiger partial charge in [0, 0.05) is 37.2 Å². The molecule has 4 rings (SSSR count). The van der Waals surface area contributed by atoms with Gasteiger partial charge < -0.3 is 4.74 Å². The number of hydrogen-bond acceptors (Lipinski definition) is 5. The Bertz CT molecular complexity index is 1290. The molecule has 0 spiro atoms. The SMILES string of the molecule is COC(=O)c1ccc(C2C=Nc3c(cc(-c4ccnn4C)cc3N=CCC(F)(F)F)C2)cc1C. The average molecular weight is 468 g/mol. The predicted molar refractivity (Wildman–Crippen MR) is 125 cm³/mol. The molecule has 3 aromatic rings. The van der Waals surface area contributed by atoms with Crippen LogP contribution < -0.4 is 0 Å². The molecule has 0 N–H and O–H groups in total. The molecule has 176 valence electrons. The Kier molecular flexibility index (Phi) is 6.37. The van der Waals surface area contributed by atoms with E-state index in [-0.39, 0.29) is 5.92 Å². The van der Waals surface area contributed by atoms with Crippen molar-refractivity contribution in [1.29, 1.82) is 0 Å². The first-order chi connectivity index (χ1) is 16.2. The second-order valence-electron chi connectivity index (χ2n) is 8.13. The number of carbonyl (C=O) groups is 1. The normalized spacial score (nSPS) is 15.5. The Hall–Kier alpha value is -3.75. The fourth-order valence-electron chi connectivity index (χ4n) is 4.05. The minimum absolute atomic E-state index is 0.0633. The zero-order valence-electron chi connectivity index (χ0n) is 18.9. The molecule has 1 unspecified atom stereocenters. The third-order valence-electron chi connectivity index (χ3n) is 5.75. The van der Waals surface area contributed by atoms with Crippen molar-refractivity contribution in [3.05, 3.63) is 64.8 Å². The standard InChI is InChI=1S/C25H23F3N4O2/c1-15-10-16(4-5-20(15)24(33)34-3)19-12-18-11-17(22-6-8-31-32(22)2)13-21(23(18)30-14-19)29-9-7-25(26,27)28/h4-6,8-11,13-14,19H,7,12H2,1-3H3. The quantitative estimate of drug-likeness (QED) is 0.347. The minimum Gasteiger partial charge on any atom is -0.465 e. The molecule has 0 radical (unpaired) electrons. The van der Waals surface area contributed by atoms with Gasteiger partial charge in [-0.3, -0.25) is 14.7 Å². The van der Waals surface area contributed by atoms with Crippen molar-refractivity contribution >= 4 is 29.8 Å². The van der Waals surface area contributed by atoms with Crippen LogP contribution in [0, 0.1) is 6.92 Å². The Balaban J connectivity index is 1.72. The highest BCUT2D eigenvalue weighted by Gasteiger charge is 2.26. The van der Waals surface area contributed by atoms with Gasteiger partial charge in [-0.1, -0.05) is 12.1 Å². The molecule has 6 nitrogen and oxygen atoms in total. The van der Waals surface area contributed by atoms with Gasteiger partial charge in [-0.25, -0.2) is 4.79 Å². The van der Waals surface area contributed by atoms with E-state index in [0.29, 0.717) is 23.4 Å². The average Bonchev–Trinajstić information content (AvgIpc) is 3.23. The van der Waals surface area contributed by atoms with Crippen LogP contribution in [0.1, 0.15) is 39.4 Å². The summed E-state index contributed by atoms with van der Waals surface area (Å²) in [5.74, 6) is -0.458. The summed E-state index contributed by atoms with van der Waals surface area (Å²) in [5.41, 5.74) is 5.70. The Morgan fingerprint density at radius 3 is 2.71 bits per heavy atom. The van der Waals surface area contributed by atoms with Crippen LogP contribution in [0.15, 0.2) is 52.6 Å². The molecule has 0 amide bonds. The van der Waals surface area contributed by atoms with Gasteiger partial charge in [0.15, 0.2) is 0 Å². The zero-order chi connectivity index (χ0) is 24.5. The van der Waals surface area contributed by atoms with Crippen LogP contribution in [0.4, 0.5) is 24.5 Å². The van der Waals surface area contributed by atoms with Crippen molar-refractivity contribution < 1.29 is 22.7 Å². The summed E-state index contributed by atoms with van der Waals surface area (Å²) in [5, 5.41) is 4.19. The predicted octanol–water partition coefficient (Wildman–Crippen LogP) is 5.88. The highest BCUT2D eigenvalue weighted by atomic mass is 19.4. The first-order valence-corrected chi connectivity index (χ1v) is 10.6. The summed E-state index contributed by atoms with van der Waals surface area (Å²) in [6.07, 6.45) is -0.542. The number of fused-ring (bicyclic) bond motifs is 1. The molecule has 1 aromatic heterocycles. The van der Waals surface area contributed by atoms with E-state index in [4.69, 9.17) is 4.74 Å². The van der Waals surface area contributed by atoms with Gasteiger partial charge in [0.25, 0.3) is 0 Å². The van der Waals surface area contributed by atoms with Crippen molar-refractivity contribution in [3.8, 4) is 11.3 Å². The molecule has 2 aromatic carbocycles. The van der Waals surface area contributed by atoms with E-state index in [1.54, 1.807) is 36.3 Å². The molecular weight excluding hydrogens is 445 g/mol.